The summed E-state index contributed by atoms with van der Waals surface area (Å²) in [5.41, 5.74) is 0. The molecule has 0 saturated carbocycles. The van der Waals surface area contributed by atoms with Crippen molar-refractivity contribution < 1.29 is 14.3 Å². The van der Waals surface area contributed by atoms with Gasteiger partial charge in [-0.2, -0.15) is 11.8 Å². The fraction of sp³-hybridized carbons (Fsp3) is 0.684. The van der Waals surface area contributed by atoms with E-state index in [1.807, 2.05) is 30.0 Å². The van der Waals surface area contributed by atoms with E-state index in [1.165, 1.54) is 0 Å². The quantitative estimate of drug-likeness (QED) is 0.805. The van der Waals surface area contributed by atoms with Crippen molar-refractivity contribution >= 4 is 17.7 Å². The van der Waals surface area contributed by atoms with Gasteiger partial charge in [0, 0.05) is 37.2 Å². The molecule has 0 aliphatic carbocycles. The summed E-state index contributed by atoms with van der Waals surface area (Å²) >= 11 is 1.97. The Kier molecular flexibility index (Phi) is 5.46. The first-order valence-electron chi connectivity index (χ1n) is 9.33. The molecule has 0 unspecified atom stereocenters. The van der Waals surface area contributed by atoms with Crippen LogP contribution in [0.25, 0.3) is 0 Å². The van der Waals surface area contributed by atoms with Crippen LogP contribution < -0.4 is 4.74 Å². The molecule has 0 N–H and O–H groups in total. The summed E-state index contributed by atoms with van der Waals surface area (Å²) in [6.45, 7) is 3.09. The Bertz CT molecular complexity index is 579. The standard InChI is InChI=1S/C19H26N2O3S/c22-19(14-5-9-25-10-6-14)21-11-16-15(13-24-17(16)12-21)4-8-23-18-3-1-2-7-20-18/h1-3,7,14-17H,4-6,8-13H2/t15-,16-,17-/m0/s1. The fourth-order valence-corrected chi connectivity index (χ4v) is 5.33. The highest BCUT2D eigenvalue weighted by atomic mass is 32.2. The highest BCUT2D eigenvalue weighted by Gasteiger charge is 2.45. The van der Waals surface area contributed by atoms with Crippen LogP contribution in [0.15, 0.2) is 24.4 Å². The number of carbonyl (C=O) groups is 1. The predicted octanol–water partition coefficient (Wildman–Crippen LogP) is 2.47. The number of fused-ring (bicyclic) bond motifs is 1. The lowest BCUT2D eigenvalue weighted by atomic mass is 9.91. The number of hydrogen-bond donors (Lipinski definition) is 0. The van der Waals surface area contributed by atoms with Crippen LogP contribution in [0.4, 0.5) is 0 Å². The molecule has 1 aromatic heterocycles. The minimum atomic E-state index is 0.224. The molecule has 0 bridgehead atoms. The molecule has 0 spiro atoms. The van der Waals surface area contributed by atoms with E-state index in [0.717, 1.165) is 50.5 Å². The third-order valence-electron chi connectivity index (χ3n) is 5.70. The molecule has 1 aromatic rings. The third-order valence-corrected chi connectivity index (χ3v) is 6.75. The summed E-state index contributed by atoms with van der Waals surface area (Å²) in [4.78, 5) is 19.0. The Hall–Kier alpha value is -1.27. The van der Waals surface area contributed by atoms with E-state index >= 15 is 0 Å². The van der Waals surface area contributed by atoms with Crippen LogP contribution in [0.5, 0.6) is 5.88 Å². The zero-order valence-electron chi connectivity index (χ0n) is 14.5. The van der Waals surface area contributed by atoms with E-state index in [9.17, 15) is 4.79 Å². The molecule has 4 rings (SSSR count). The van der Waals surface area contributed by atoms with E-state index in [1.54, 1.807) is 6.20 Å². The van der Waals surface area contributed by atoms with Gasteiger partial charge in [0.2, 0.25) is 11.8 Å². The second-order valence-electron chi connectivity index (χ2n) is 7.23. The van der Waals surface area contributed by atoms with Crippen molar-refractivity contribution in [2.24, 2.45) is 17.8 Å². The largest absolute Gasteiger partial charge is 0.478 e. The lowest BCUT2D eigenvalue weighted by Gasteiger charge is -2.27. The van der Waals surface area contributed by atoms with Crippen LogP contribution in [0.1, 0.15) is 19.3 Å². The molecule has 4 heterocycles. The third kappa shape index (κ3) is 3.95. The maximum absolute atomic E-state index is 12.8. The van der Waals surface area contributed by atoms with E-state index < -0.39 is 0 Å². The van der Waals surface area contributed by atoms with Gasteiger partial charge in [0.25, 0.3) is 0 Å². The topological polar surface area (TPSA) is 51.7 Å². The van der Waals surface area contributed by atoms with Crippen molar-refractivity contribution in [1.82, 2.24) is 9.88 Å². The summed E-state index contributed by atoms with van der Waals surface area (Å²) in [6, 6.07) is 5.70. The van der Waals surface area contributed by atoms with Crippen molar-refractivity contribution in [2.75, 3.05) is 37.8 Å². The molecule has 3 atom stereocenters. The van der Waals surface area contributed by atoms with Crippen LogP contribution in [-0.2, 0) is 9.53 Å². The van der Waals surface area contributed by atoms with E-state index in [-0.39, 0.29) is 12.0 Å². The molecule has 25 heavy (non-hydrogen) atoms. The number of aromatic nitrogens is 1. The normalized spacial score (nSPS) is 29.6. The van der Waals surface area contributed by atoms with Gasteiger partial charge in [0.05, 0.1) is 19.3 Å². The SMILES string of the molecule is O=C(C1CCSCC1)N1C[C@H]2[C@@H](CCOc3ccccn3)CO[C@H]2C1. The average Bonchev–Trinajstić information content (AvgIpc) is 3.24. The monoisotopic (exact) mass is 362 g/mol. The number of likely N-dealkylation sites (tertiary alicyclic amines) is 1. The minimum Gasteiger partial charge on any atom is -0.478 e. The van der Waals surface area contributed by atoms with Gasteiger partial charge in [-0.05, 0) is 42.8 Å². The van der Waals surface area contributed by atoms with Crippen LogP contribution in [0.3, 0.4) is 0 Å². The second-order valence-corrected chi connectivity index (χ2v) is 8.46. The van der Waals surface area contributed by atoms with Gasteiger partial charge in [-0.3, -0.25) is 4.79 Å². The van der Waals surface area contributed by atoms with Crippen molar-refractivity contribution in [2.45, 2.75) is 25.4 Å². The van der Waals surface area contributed by atoms with E-state index in [0.29, 0.717) is 30.2 Å². The maximum atomic E-state index is 12.8. The van der Waals surface area contributed by atoms with Gasteiger partial charge in [-0.25, -0.2) is 4.98 Å². The number of amides is 1. The van der Waals surface area contributed by atoms with Gasteiger partial charge in [-0.15, -0.1) is 0 Å². The van der Waals surface area contributed by atoms with Crippen molar-refractivity contribution in [3.05, 3.63) is 24.4 Å². The molecule has 136 valence electrons. The van der Waals surface area contributed by atoms with Crippen LogP contribution in [0.2, 0.25) is 0 Å². The molecule has 0 radical (unpaired) electrons. The highest BCUT2D eigenvalue weighted by Crippen LogP contribution is 2.37. The number of rotatable bonds is 5. The summed E-state index contributed by atoms with van der Waals surface area (Å²) < 4.78 is 11.7. The number of ether oxygens (including phenoxy) is 2. The predicted molar refractivity (Wildman–Crippen MR) is 97.7 cm³/mol. The van der Waals surface area contributed by atoms with Crippen LogP contribution in [0, 0.1) is 17.8 Å². The molecule has 3 saturated heterocycles. The maximum Gasteiger partial charge on any atom is 0.225 e. The number of nitrogens with zero attached hydrogens (tertiary/aromatic N) is 2. The number of carbonyl (C=O) groups excluding carboxylic acids is 1. The van der Waals surface area contributed by atoms with Crippen molar-refractivity contribution in [3.8, 4) is 5.88 Å². The zero-order valence-corrected chi connectivity index (χ0v) is 15.3. The fourth-order valence-electron chi connectivity index (χ4n) is 4.23. The molecule has 0 aromatic carbocycles. The van der Waals surface area contributed by atoms with Gasteiger partial charge in [-0.1, -0.05) is 6.07 Å². The molecular formula is C19H26N2O3S. The Morgan fingerprint density at radius 2 is 2.20 bits per heavy atom. The smallest absolute Gasteiger partial charge is 0.225 e. The minimum absolute atomic E-state index is 0.224. The van der Waals surface area contributed by atoms with Crippen molar-refractivity contribution in [3.63, 3.8) is 0 Å². The summed E-state index contributed by atoms with van der Waals surface area (Å²) in [6.07, 6.45) is 5.00. The van der Waals surface area contributed by atoms with Gasteiger partial charge in [0.15, 0.2) is 0 Å². The number of pyridine rings is 1. The molecule has 3 fully saturated rings. The summed E-state index contributed by atoms with van der Waals surface area (Å²) in [5, 5.41) is 0. The summed E-state index contributed by atoms with van der Waals surface area (Å²) in [5.74, 6) is 4.48. The molecule has 6 heteroatoms. The molecule has 1 amide bonds. The second kappa shape index (κ2) is 7.96. The Balaban J connectivity index is 1.27. The lowest BCUT2D eigenvalue weighted by Crippen LogP contribution is -2.37. The average molecular weight is 362 g/mol. The van der Waals surface area contributed by atoms with Gasteiger partial charge < -0.3 is 14.4 Å². The van der Waals surface area contributed by atoms with E-state index in [4.69, 9.17) is 9.47 Å². The Labute approximate surface area is 153 Å². The lowest BCUT2D eigenvalue weighted by molar-refractivity contribution is -0.135. The number of thioether (sulfide) groups is 1. The first kappa shape index (κ1) is 17.2. The Morgan fingerprint density at radius 1 is 1.32 bits per heavy atom. The van der Waals surface area contributed by atoms with Crippen LogP contribution in [-0.4, -0.2) is 59.7 Å². The molecule has 3 aliphatic rings. The zero-order chi connectivity index (χ0) is 17.1. The first-order valence-corrected chi connectivity index (χ1v) is 10.5. The molecule has 5 nitrogen and oxygen atoms in total. The van der Waals surface area contributed by atoms with E-state index in [2.05, 4.69) is 9.88 Å². The van der Waals surface area contributed by atoms with Gasteiger partial charge >= 0.3 is 0 Å². The highest BCUT2D eigenvalue weighted by molar-refractivity contribution is 7.99. The Morgan fingerprint density at radius 3 is 3.00 bits per heavy atom. The van der Waals surface area contributed by atoms with Gasteiger partial charge in [0.1, 0.15) is 0 Å². The van der Waals surface area contributed by atoms with Crippen LogP contribution >= 0.6 is 11.8 Å². The number of hydrogen-bond acceptors (Lipinski definition) is 5. The molecule has 3 aliphatic heterocycles. The summed E-state index contributed by atoms with van der Waals surface area (Å²) in [7, 11) is 0. The molecular weight excluding hydrogens is 336 g/mol. The van der Waals surface area contributed by atoms with Crippen molar-refractivity contribution in [1.29, 1.82) is 0 Å². The first-order chi connectivity index (χ1) is 12.3.